The number of halogens is 1. The summed E-state index contributed by atoms with van der Waals surface area (Å²) < 4.78 is 43.3. The summed E-state index contributed by atoms with van der Waals surface area (Å²) in [5, 5.41) is 0. The third-order valence-electron chi connectivity index (χ3n) is 6.92. The fraction of sp³-hybridized carbons (Fsp3) is 0.406. The van der Waals surface area contributed by atoms with E-state index in [0.29, 0.717) is 48.0 Å². The molecule has 1 heterocycles. The summed E-state index contributed by atoms with van der Waals surface area (Å²) >= 11 is 0. The Morgan fingerprint density at radius 1 is 1.03 bits per heavy atom. The highest BCUT2D eigenvalue weighted by Crippen LogP contribution is 2.37. The molecule has 1 saturated heterocycles. The van der Waals surface area contributed by atoms with Gasteiger partial charge in [-0.05, 0) is 72.7 Å². The number of carbonyl (C=O) groups is 1. The van der Waals surface area contributed by atoms with Crippen molar-refractivity contribution in [2.75, 3.05) is 20.8 Å². The standard InChI is InChI=1S/C32H37FO6/c1-4-8-23(19-31(34)36-3)24-9-7-10-26(18-24)38-21-22-12-14-27(28-20-25(35-2)13-15-29(28)33)30(17-22)39-32-11-5-6-16-37-32/h7,9-10,12-15,17-18,20,23,32H,4-6,8,11,16,19,21H2,1-3H3/t23-,32?/m0/s1. The van der Waals surface area contributed by atoms with Crippen LogP contribution >= 0.6 is 0 Å². The van der Waals surface area contributed by atoms with Crippen LogP contribution in [0.3, 0.4) is 0 Å². The van der Waals surface area contributed by atoms with Gasteiger partial charge in [0, 0.05) is 17.5 Å². The van der Waals surface area contributed by atoms with Gasteiger partial charge in [0.25, 0.3) is 0 Å². The Bertz CT molecular complexity index is 1240. The van der Waals surface area contributed by atoms with Crippen LogP contribution in [0, 0.1) is 5.82 Å². The number of hydrogen-bond acceptors (Lipinski definition) is 6. The second-order valence-electron chi connectivity index (χ2n) is 9.72. The second kappa shape index (κ2) is 14.0. The van der Waals surface area contributed by atoms with E-state index in [9.17, 15) is 9.18 Å². The molecule has 6 nitrogen and oxygen atoms in total. The maximum atomic E-state index is 14.9. The molecule has 1 aliphatic rings. The van der Waals surface area contributed by atoms with Gasteiger partial charge < -0.3 is 23.7 Å². The van der Waals surface area contributed by atoms with E-state index in [2.05, 4.69) is 6.92 Å². The minimum absolute atomic E-state index is 0.0681. The van der Waals surface area contributed by atoms with Gasteiger partial charge in [-0.2, -0.15) is 0 Å². The summed E-state index contributed by atoms with van der Waals surface area (Å²) in [5.74, 6) is 1.29. The van der Waals surface area contributed by atoms with Crippen LogP contribution in [-0.4, -0.2) is 33.1 Å². The van der Waals surface area contributed by atoms with Crippen LogP contribution in [-0.2, 0) is 20.9 Å². The van der Waals surface area contributed by atoms with Gasteiger partial charge in [-0.25, -0.2) is 4.39 Å². The molecule has 4 rings (SSSR count). The minimum atomic E-state index is -0.385. The van der Waals surface area contributed by atoms with E-state index >= 15 is 0 Å². The van der Waals surface area contributed by atoms with E-state index in [1.807, 2.05) is 42.5 Å². The lowest BCUT2D eigenvalue weighted by molar-refractivity contribution is -0.141. The van der Waals surface area contributed by atoms with E-state index in [4.69, 9.17) is 23.7 Å². The number of benzene rings is 3. The van der Waals surface area contributed by atoms with Crippen molar-refractivity contribution >= 4 is 5.97 Å². The lowest BCUT2D eigenvalue weighted by Gasteiger charge is -2.25. The van der Waals surface area contributed by atoms with Crippen LogP contribution in [0.15, 0.2) is 60.7 Å². The molecule has 0 saturated carbocycles. The van der Waals surface area contributed by atoms with Crippen LogP contribution in [0.4, 0.5) is 4.39 Å². The SMILES string of the molecule is CCC[C@@H](CC(=O)OC)c1cccc(OCc2ccc(-c3cc(OC)ccc3F)c(OC3CCCCO3)c2)c1. The first-order chi connectivity index (χ1) is 19.0. The Kier molecular flexibility index (Phi) is 10.2. The Hall–Kier alpha value is -3.58. The normalized spacial score (nSPS) is 15.8. The number of methoxy groups -OCH3 is 2. The maximum absolute atomic E-state index is 14.9. The van der Waals surface area contributed by atoms with Crippen molar-refractivity contribution in [3.63, 3.8) is 0 Å². The molecular formula is C32H37FO6. The van der Waals surface area contributed by atoms with Crippen molar-refractivity contribution in [3.8, 4) is 28.4 Å². The average Bonchev–Trinajstić information content (AvgIpc) is 2.97. The van der Waals surface area contributed by atoms with Crippen LogP contribution in [0.5, 0.6) is 17.2 Å². The molecule has 0 spiro atoms. The van der Waals surface area contributed by atoms with E-state index in [1.165, 1.54) is 13.2 Å². The van der Waals surface area contributed by atoms with Gasteiger partial charge in [0.15, 0.2) is 6.29 Å². The van der Waals surface area contributed by atoms with Gasteiger partial charge in [-0.3, -0.25) is 4.79 Å². The topological polar surface area (TPSA) is 63.2 Å². The molecular weight excluding hydrogens is 499 g/mol. The minimum Gasteiger partial charge on any atom is -0.497 e. The fourth-order valence-corrected chi connectivity index (χ4v) is 4.80. The lowest BCUT2D eigenvalue weighted by atomic mass is 9.91. The Balaban J connectivity index is 1.56. The third-order valence-corrected chi connectivity index (χ3v) is 6.92. The number of rotatable bonds is 12. The molecule has 1 unspecified atom stereocenters. The highest BCUT2D eigenvalue weighted by atomic mass is 19.1. The summed E-state index contributed by atoms with van der Waals surface area (Å²) in [6.07, 6.45) is 4.58. The van der Waals surface area contributed by atoms with Crippen LogP contribution in [0.25, 0.3) is 11.1 Å². The summed E-state index contributed by atoms with van der Waals surface area (Å²) in [5.41, 5.74) is 2.93. The van der Waals surface area contributed by atoms with E-state index in [0.717, 1.165) is 43.2 Å². The van der Waals surface area contributed by atoms with Crippen LogP contribution in [0.2, 0.25) is 0 Å². The fourth-order valence-electron chi connectivity index (χ4n) is 4.80. The average molecular weight is 537 g/mol. The molecule has 3 aromatic rings. The molecule has 2 atom stereocenters. The Labute approximate surface area is 230 Å². The Morgan fingerprint density at radius 2 is 1.90 bits per heavy atom. The van der Waals surface area contributed by atoms with Crippen molar-refractivity contribution in [3.05, 3.63) is 77.6 Å². The van der Waals surface area contributed by atoms with E-state index in [-0.39, 0.29) is 24.0 Å². The van der Waals surface area contributed by atoms with Crippen LogP contribution in [0.1, 0.15) is 62.5 Å². The number of esters is 1. The molecule has 0 N–H and O–H groups in total. The van der Waals surface area contributed by atoms with Gasteiger partial charge in [0.2, 0.25) is 0 Å². The molecule has 7 heteroatoms. The van der Waals surface area contributed by atoms with Gasteiger partial charge >= 0.3 is 5.97 Å². The predicted molar refractivity (Wildman–Crippen MR) is 148 cm³/mol. The first-order valence-electron chi connectivity index (χ1n) is 13.5. The maximum Gasteiger partial charge on any atom is 0.306 e. The molecule has 0 aliphatic carbocycles. The summed E-state index contributed by atoms with van der Waals surface area (Å²) in [7, 11) is 2.97. The van der Waals surface area contributed by atoms with Crippen molar-refractivity contribution in [2.24, 2.45) is 0 Å². The van der Waals surface area contributed by atoms with E-state index < -0.39 is 0 Å². The van der Waals surface area contributed by atoms with Crippen molar-refractivity contribution in [1.29, 1.82) is 0 Å². The van der Waals surface area contributed by atoms with Crippen molar-refractivity contribution in [1.82, 2.24) is 0 Å². The molecule has 0 aromatic heterocycles. The number of carbonyl (C=O) groups excluding carboxylic acids is 1. The molecule has 208 valence electrons. The first kappa shape index (κ1) is 28.4. The summed E-state index contributed by atoms with van der Waals surface area (Å²) in [4.78, 5) is 11.9. The largest absolute Gasteiger partial charge is 0.497 e. The van der Waals surface area contributed by atoms with Crippen molar-refractivity contribution < 1.29 is 32.9 Å². The zero-order valence-electron chi connectivity index (χ0n) is 22.9. The highest BCUT2D eigenvalue weighted by Gasteiger charge is 2.20. The zero-order chi connectivity index (χ0) is 27.6. The third kappa shape index (κ3) is 7.73. The molecule has 3 aromatic carbocycles. The zero-order valence-corrected chi connectivity index (χ0v) is 22.9. The molecule has 1 aliphatic heterocycles. The lowest BCUT2D eigenvalue weighted by Crippen LogP contribution is -2.25. The molecule has 0 amide bonds. The molecule has 1 fully saturated rings. The van der Waals surface area contributed by atoms with Crippen molar-refractivity contribution in [2.45, 2.75) is 64.3 Å². The smallest absolute Gasteiger partial charge is 0.306 e. The van der Waals surface area contributed by atoms with Gasteiger partial charge in [0.1, 0.15) is 29.7 Å². The monoisotopic (exact) mass is 536 g/mol. The first-order valence-corrected chi connectivity index (χ1v) is 13.5. The second-order valence-corrected chi connectivity index (χ2v) is 9.72. The predicted octanol–water partition coefficient (Wildman–Crippen LogP) is 7.43. The van der Waals surface area contributed by atoms with Gasteiger partial charge in [0.05, 0.1) is 27.2 Å². The van der Waals surface area contributed by atoms with E-state index in [1.54, 1.807) is 19.2 Å². The Morgan fingerprint density at radius 3 is 2.64 bits per heavy atom. The number of ether oxygens (including phenoxy) is 5. The molecule has 39 heavy (non-hydrogen) atoms. The summed E-state index contributed by atoms with van der Waals surface area (Å²) in [6.45, 7) is 3.03. The van der Waals surface area contributed by atoms with Gasteiger partial charge in [-0.1, -0.05) is 37.6 Å². The molecule has 0 bridgehead atoms. The van der Waals surface area contributed by atoms with Crippen LogP contribution < -0.4 is 14.2 Å². The van der Waals surface area contributed by atoms with Gasteiger partial charge in [-0.15, -0.1) is 0 Å². The highest BCUT2D eigenvalue weighted by molar-refractivity contribution is 5.73. The summed E-state index contributed by atoms with van der Waals surface area (Å²) in [6, 6.07) is 18.1. The molecule has 0 radical (unpaired) electrons. The number of hydrogen-bond donors (Lipinski definition) is 0. The quantitative estimate of drug-likeness (QED) is 0.224.